The van der Waals surface area contributed by atoms with Gasteiger partial charge in [0.1, 0.15) is 11.5 Å². The summed E-state index contributed by atoms with van der Waals surface area (Å²) in [4.78, 5) is 12.1. The van der Waals surface area contributed by atoms with E-state index in [1.165, 1.54) is 7.11 Å². The van der Waals surface area contributed by atoms with Crippen molar-refractivity contribution in [2.24, 2.45) is 0 Å². The van der Waals surface area contributed by atoms with Crippen LogP contribution in [0.4, 0.5) is 0 Å². The van der Waals surface area contributed by atoms with E-state index in [-0.39, 0.29) is 17.1 Å². The standard InChI is InChI=1S/C24H28O6S/c1-3-13-30-22-9-5-4-7-18(22)8-6-14-29-21-10-11-23-20(17-21)16-19(24(25)28-2)12-15-31(23,26)27/h4-5,7,9-11,16-17H,3,6,8,12-15H2,1-2H3. The average molecular weight is 445 g/mol. The van der Waals surface area contributed by atoms with Gasteiger partial charge in [-0.15, -0.1) is 0 Å². The second kappa shape index (κ2) is 10.5. The molecule has 0 bridgehead atoms. The number of ether oxygens (including phenoxy) is 3. The van der Waals surface area contributed by atoms with Crippen molar-refractivity contribution in [1.82, 2.24) is 0 Å². The van der Waals surface area contributed by atoms with E-state index in [0.717, 1.165) is 30.6 Å². The van der Waals surface area contributed by atoms with Crippen molar-refractivity contribution in [1.29, 1.82) is 0 Å². The number of sulfone groups is 1. The van der Waals surface area contributed by atoms with Crippen LogP contribution in [0, 0.1) is 0 Å². The number of para-hydroxylation sites is 1. The quantitative estimate of drug-likeness (QED) is 0.426. The summed E-state index contributed by atoms with van der Waals surface area (Å²) in [5.41, 5.74) is 1.93. The highest BCUT2D eigenvalue weighted by Gasteiger charge is 2.25. The molecule has 0 amide bonds. The van der Waals surface area contributed by atoms with Gasteiger partial charge in [-0.1, -0.05) is 25.1 Å². The molecule has 0 aliphatic carbocycles. The molecule has 0 N–H and O–H groups in total. The molecule has 0 fully saturated rings. The van der Waals surface area contributed by atoms with E-state index in [1.54, 1.807) is 24.3 Å². The Bertz CT molecular complexity index is 1060. The van der Waals surface area contributed by atoms with Gasteiger partial charge in [0.25, 0.3) is 0 Å². The lowest BCUT2D eigenvalue weighted by molar-refractivity contribution is -0.136. The highest BCUT2D eigenvalue weighted by Crippen LogP contribution is 2.30. The van der Waals surface area contributed by atoms with Gasteiger partial charge in [-0.3, -0.25) is 0 Å². The molecule has 2 aromatic carbocycles. The molecule has 0 saturated carbocycles. The maximum atomic E-state index is 12.5. The fourth-order valence-electron chi connectivity index (χ4n) is 3.43. The highest BCUT2D eigenvalue weighted by atomic mass is 32.2. The van der Waals surface area contributed by atoms with Crippen LogP contribution in [0.3, 0.4) is 0 Å². The van der Waals surface area contributed by atoms with Crippen LogP contribution in [0.5, 0.6) is 11.5 Å². The van der Waals surface area contributed by atoms with E-state index in [9.17, 15) is 13.2 Å². The van der Waals surface area contributed by atoms with E-state index >= 15 is 0 Å². The molecule has 166 valence electrons. The Morgan fingerprint density at radius 2 is 1.87 bits per heavy atom. The SMILES string of the molecule is CCCOc1ccccc1CCCOc1ccc2c(c1)C=C(C(=O)OC)CCS2(=O)=O. The van der Waals surface area contributed by atoms with Gasteiger partial charge in [0.15, 0.2) is 9.84 Å². The Labute approximate surface area is 183 Å². The average Bonchev–Trinajstić information content (AvgIpc) is 2.91. The van der Waals surface area contributed by atoms with Gasteiger partial charge in [0.05, 0.1) is 31.0 Å². The van der Waals surface area contributed by atoms with Crippen molar-refractivity contribution < 1.29 is 27.4 Å². The Hall–Kier alpha value is -2.80. The molecule has 0 radical (unpaired) electrons. The zero-order valence-corrected chi connectivity index (χ0v) is 18.7. The smallest absolute Gasteiger partial charge is 0.333 e. The molecule has 0 unspecified atom stereocenters. The topological polar surface area (TPSA) is 78.9 Å². The molecule has 1 heterocycles. The van der Waals surface area contributed by atoms with Gasteiger partial charge in [-0.2, -0.15) is 0 Å². The Kier molecular flexibility index (Phi) is 7.74. The summed E-state index contributed by atoms with van der Waals surface area (Å²) in [6.07, 6.45) is 4.26. The molecule has 1 aliphatic rings. The number of methoxy groups -OCH3 is 1. The lowest BCUT2D eigenvalue weighted by atomic mass is 10.1. The number of benzene rings is 2. The molecule has 6 nitrogen and oxygen atoms in total. The minimum atomic E-state index is -3.47. The van der Waals surface area contributed by atoms with E-state index < -0.39 is 15.8 Å². The van der Waals surface area contributed by atoms with E-state index in [0.29, 0.717) is 30.1 Å². The molecule has 7 heteroatoms. The van der Waals surface area contributed by atoms with Crippen LogP contribution >= 0.6 is 0 Å². The first-order chi connectivity index (χ1) is 14.9. The second-order valence-electron chi connectivity index (χ2n) is 7.34. The predicted octanol–water partition coefficient (Wildman–Crippen LogP) is 4.22. The maximum Gasteiger partial charge on any atom is 0.333 e. The van der Waals surface area contributed by atoms with E-state index in [1.807, 2.05) is 18.2 Å². The molecule has 0 aromatic heterocycles. The van der Waals surface area contributed by atoms with Crippen molar-refractivity contribution in [2.75, 3.05) is 26.1 Å². The molecule has 0 spiro atoms. The molecular formula is C24H28O6S. The number of rotatable bonds is 9. The number of carbonyl (C=O) groups is 1. The largest absolute Gasteiger partial charge is 0.494 e. The number of fused-ring (bicyclic) bond motifs is 1. The predicted molar refractivity (Wildman–Crippen MR) is 119 cm³/mol. The first-order valence-electron chi connectivity index (χ1n) is 10.4. The fourth-order valence-corrected chi connectivity index (χ4v) is 4.90. The molecule has 2 aromatic rings. The number of hydrogen-bond donors (Lipinski definition) is 0. The summed E-state index contributed by atoms with van der Waals surface area (Å²) in [6, 6.07) is 12.9. The maximum absolute atomic E-state index is 12.5. The third-order valence-corrected chi connectivity index (χ3v) is 6.81. The molecule has 1 aliphatic heterocycles. The minimum Gasteiger partial charge on any atom is -0.494 e. The van der Waals surface area contributed by atoms with Crippen LogP contribution < -0.4 is 9.47 Å². The summed E-state index contributed by atoms with van der Waals surface area (Å²) in [6.45, 7) is 3.24. The Morgan fingerprint density at radius 1 is 1.06 bits per heavy atom. The molecule has 0 saturated heterocycles. The number of carbonyl (C=O) groups excluding carboxylic acids is 1. The monoisotopic (exact) mass is 444 g/mol. The Balaban J connectivity index is 1.68. The van der Waals surface area contributed by atoms with Crippen LogP contribution in [0.15, 0.2) is 52.9 Å². The molecule has 31 heavy (non-hydrogen) atoms. The van der Waals surface area contributed by atoms with Gasteiger partial charge >= 0.3 is 5.97 Å². The third kappa shape index (κ3) is 5.88. The minimum absolute atomic E-state index is 0.124. The highest BCUT2D eigenvalue weighted by molar-refractivity contribution is 7.91. The normalized spacial score (nSPS) is 14.7. The van der Waals surface area contributed by atoms with Crippen molar-refractivity contribution >= 4 is 21.9 Å². The third-order valence-electron chi connectivity index (χ3n) is 5.03. The van der Waals surface area contributed by atoms with Gasteiger partial charge in [-0.25, -0.2) is 13.2 Å². The summed E-state index contributed by atoms with van der Waals surface area (Å²) >= 11 is 0. The van der Waals surface area contributed by atoms with Crippen LogP contribution in [-0.4, -0.2) is 40.5 Å². The van der Waals surface area contributed by atoms with Crippen LogP contribution in [0.1, 0.15) is 37.3 Å². The van der Waals surface area contributed by atoms with E-state index in [2.05, 4.69) is 13.0 Å². The van der Waals surface area contributed by atoms with Crippen molar-refractivity contribution in [2.45, 2.75) is 37.5 Å². The van der Waals surface area contributed by atoms with Crippen molar-refractivity contribution in [3.05, 3.63) is 59.2 Å². The molecular weight excluding hydrogens is 416 g/mol. The molecule has 3 rings (SSSR count). The van der Waals surface area contributed by atoms with Gasteiger partial charge < -0.3 is 14.2 Å². The van der Waals surface area contributed by atoms with E-state index in [4.69, 9.17) is 14.2 Å². The lowest BCUT2D eigenvalue weighted by Gasteiger charge is -2.12. The van der Waals surface area contributed by atoms with Crippen molar-refractivity contribution in [3.8, 4) is 11.5 Å². The zero-order chi connectivity index (χ0) is 22.3. The van der Waals surface area contributed by atoms with Crippen LogP contribution in [0.2, 0.25) is 0 Å². The fraction of sp³-hybridized carbons (Fsp3) is 0.375. The summed E-state index contributed by atoms with van der Waals surface area (Å²) < 4.78 is 41.5. The Morgan fingerprint density at radius 3 is 2.65 bits per heavy atom. The summed E-state index contributed by atoms with van der Waals surface area (Å²) in [5.74, 6) is 0.825. The van der Waals surface area contributed by atoms with Crippen LogP contribution in [-0.2, 0) is 25.8 Å². The van der Waals surface area contributed by atoms with Gasteiger partial charge in [0, 0.05) is 5.57 Å². The first kappa shape index (κ1) is 22.9. The number of esters is 1. The van der Waals surface area contributed by atoms with Crippen molar-refractivity contribution in [3.63, 3.8) is 0 Å². The first-order valence-corrected chi connectivity index (χ1v) is 12.1. The second-order valence-corrected chi connectivity index (χ2v) is 9.42. The summed E-state index contributed by atoms with van der Waals surface area (Å²) in [7, 11) is -2.19. The number of hydrogen-bond acceptors (Lipinski definition) is 6. The van der Waals surface area contributed by atoms with Gasteiger partial charge in [-0.05, 0) is 67.2 Å². The van der Waals surface area contributed by atoms with Gasteiger partial charge in [0.2, 0.25) is 0 Å². The summed E-state index contributed by atoms with van der Waals surface area (Å²) in [5, 5.41) is 0. The molecule has 0 atom stereocenters. The number of aryl methyl sites for hydroxylation is 1. The van der Waals surface area contributed by atoms with Crippen LogP contribution in [0.25, 0.3) is 6.08 Å². The zero-order valence-electron chi connectivity index (χ0n) is 17.9. The lowest BCUT2D eigenvalue weighted by Crippen LogP contribution is -2.10.